The van der Waals surface area contributed by atoms with Crippen molar-refractivity contribution in [2.45, 2.75) is 32.9 Å². The number of rotatable bonds is 8. The van der Waals surface area contributed by atoms with E-state index in [1.54, 1.807) is 11.1 Å². The van der Waals surface area contributed by atoms with Crippen LogP contribution in [0.3, 0.4) is 0 Å². The Morgan fingerprint density at radius 2 is 1.70 bits per heavy atom. The summed E-state index contributed by atoms with van der Waals surface area (Å²) >= 11 is 0. The van der Waals surface area contributed by atoms with E-state index in [0.29, 0.717) is 28.8 Å². The molecular weight excluding hydrogens is 414 g/mol. The highest BCUT2D eigenvalue weighted by Crippen LogP contribution is 2.27. The van der Waals surface area contributed by atoms with E-state index in [1.165, 1.54) is 0 Å². The Morgan fingerprint density at radius 3 is 2.33 bits per heavy atom. The second kappa shape index (κ2) is 9.65. The van der Waals surface area contributed by atoms with E-state index in [0.717, 1.165) is 11.1 Å². The maximum Gasteiger partial charge on any atom is 0.255 e. The summed E-state index contributed by atoms with van der Waals surface area (Å²) in [4.78, 5) is 31.9. The highest BCUT2D eigenvalue weighted by atomic mass is 16.2. The highest BCUT2D eigenvalue weighted by molar-refractivity contribution is 6.06. The van der Waals surface area contributed by atoms with Gasteiger partial charge in [-0.15, -0.1) is 0 Å². The fourth-order valence-corrected chi connectivity index (χ4v) is 3.80. The van der Waals surface area contributed by atoms with Crippen LogP contribution in [0.1, 0.15) is 42.2 Å². The number of pyridine rings is 1. The summed E-state index contributed by atoms with van der Waals surface area (Å²) in [6, 6.07) is 21.4. The minimum Gasteiger partial charge on any atom is -0.370 e. The number of hydrogen-bond acceptors (Lipinski definition) is 4. The van der Waals surface area contributed by atoms with Crippen molar-refractivity contribution in [3.63, 3.8) is 0 Å². The topological polar surface area (TPSA) is 94.1 Å². The van der Waals surface area contributed by atoms with Crippen LogP contribution in [0.15, 0.2) is 72.9 Å². The lowest BCUT2D eigenvalue weighted by molar-refractivity contribution is -0.118. The monoisotopic (exact) mass is 441 g/mol. The fourth-order valence-electron chi connectivity index (χ4n) is 3.80. The molecule has 2 aromatic heterocycles. The first kappa shape index (κ1) is 22.2. The third kappa shape index (κ3) is 4.92. The van der Waals surface area contributed by atoms with Crippen LogP contribution in [-0.4, -0.2) is 38.0 Å². The molecule has 2 N–H and O–H groups in total. The van der Waals surface area contributed by atoms with Crippen LogP contribution in [0, 0.1) is 0 Å². The highest BCUT2D eigenvalue weighted by Gasteiger charge is 2.23. The van der Waals surface area contributed by atoms with Gasteiger partial charge < -0.3 is 10.6 Å². The third-order valence-corrected chi connectivity index (χ3v) is 5.49. The minimum atomic E-state index is -0.446. The van der Waals surface area contributed by atoms with Gasteiger partial charge in [0.1, 0.15) is 0 Å². The molecule has 0 atom stereocenters. The van der Waals surface area contributed by atoms with Crippen molar-refractivity contribution in [2.75, 3.05) is 6.54 Å². The van der Waals surface area contributed by atoms with Crippen molar-refractivity contribution >= 4 is 22.8 Å². The van der Waals surface area contributed by atoms with Crippen molar-refractivity contribution in [2.24, 2.45) is 5.73 Å². The Bertz CT molecular complexity index is 1270. The lowest BCUT2D eigenvalue weighted by atomic mass is 10.1. The zero-order valence-corrected chi connectivity index (χ0v) is 18.8. The molecule has 2 heterocycles. The smallest absolute Gasteiger partial charge is 0.255 e. The Kier molecular flexibility index (Phi) is 6.49. The van der Waals surface area contributed by atoms with E-state index in [2.05, 4.69) is 5.10 Å². The number of fused-ring (bicyclic) bond motifs is 1. The molecule has 0 aliphatic rings. The molecular formula is C26H27N5O2. The number of primary amides is 1. The number of nitrogens with two attached hydrogens (primary N) is 1. The average molecular weight is 442 g/mol. The molecule has 7 nitrogen and oxygen atoms in total. The summed E-state index contributed by atoms with van der Waals surface area (Å²) in [5, 5.41) is 5.19. The molecule has 0 unspecified atom stereocenters. The summed E-state index contributed by atoms with van der Waals surface area (Å²) in [6.45, 7) is 4.65. The Morgan fingerprint density at radius 1 is 1.03 bits per heavy atom. The lowest BCUT2D eigenvalue weighted by Crippen LogP contribution is -2.33. The molecule has 0 saturated heterocycles. The van der Waals surface area contributed by atoms with Crippen LogP contribution in [0.25, 0.3) is 22.3 Å². The standard InChI is InChI=1S/C26H27N5O2/c1-18(2)31-25-22(16-28-31)21(15-23(29-25)20-11-7-4-8-12-20)26(33)30(14-13-24(27)32)17-19-9-5-3-6-10-19/h3-12,15-16,18H,13-14,17H2,1-2H3,(H2,27,32). The molecule has 4 aromatic rings. The molecule has 0 bridgehead atoms. The van der Waals surface area contributed by atoms with Gasteiger partial charge in [0.15, 0.2) is 5.65 Å². The third-order valence-electron chi connectivity index (χ3n) is 5.49. The van der Waals surface area contributed by atoms with Gasteiger partial charge in [0.05, 0.1) is 22.8 Å². The van der Waals surface area contributed by atoms with Gasteiger partial charge in [0.25, 0.3) is 5.91 Å². The van der Waals surface area contributed by atoms with Crippen LogP contribution >= 0.6 is 0 Å². The average Bonchev–Trinajstić information content (AvgIpc) is 3.26. The largest absolute Gasteiger partial charge is 0.370 e. The molecule has 33 heavy (non-hydrogen) atoms. The lowest BCUT2D eigenvalue weighted by Gasteiger charge is -2.23. The van der Waals surface area contributed by atoms with Crippen molar-refractivity contribution in [3.8, 4) is 11.3 Å². The number of benzene rings is 2. The predicted molar refractivity (Wildman–Crippen MR) is 128 cm³/mol. The van der Waals surface area contributed by atoms with Gasteiger partial charge >= 0.3 is 0 Å². The normalized spacial score (nSPS) is 11.1. The van der Waals surface area contributed by atoms with Gasteiger partial charge in [-0.2, -0.15) is 5.10 Å². The zero-order valence-electron chi connectivity index (χ0n) is 18.8. The molecule has 0 spiro atoms. The van der Waals surface area contributed by atoms with E-state index < -0.39 is 5.91 Å². The van der Waals surface area contributed by atoms with Crippen LogP contribution in [0.4, 0.5) is 0 Å². The van der Waals surface area contributed by atoms with Gasteiger partial charge in [-0.1, -0.05) is 60.7 Å². The summed E-state index contributed by atoms with van der Waals surface area (Å²) in [5.74, 6) is -0.633. The van der Waals surface area contributed by atoms with Gasteiger partial charge in [-0.3, -0.25) is 9.59 Å². The van der Waals surface area contributed by atoms with Crippen molar-refractivity contribution in [1.29, 1.82) is 0 Å². The number of aromatic nitrogens is 3. The number of amides is 2. The first-order chi connectivity index (χ1) is 15.9. The zero-order chi connectivity index (χ0) is 23.4. The van der Waals surface area contributed by atoms with Gasteiger partial charge in [-0.05, 0) is 25.5 Å². The molecule has 4 rings (SSSR count). The second-order valence-corrected chi connectivity index (χ2v) is 8.27. The van der Waals surface area contributed by atoms with Crippen LogP contribution < -0.4 is 5.73 Å². The van der Waals surface area contributed by atoms with E-state index in [4.69, 9.17) is 10.7 Å². The quantitative estimate of drug-likeness (QED) is 0.443. The van der Waals surface area contributed by atoms with Gasteiger partial charge in [0, 0.05) is 31.1 Å². The Labute approximate surface area is 192 Å². The van der Waals surface area contributed by atoms with E-state index in [9.17, 15) is 9.59 Å². The second-order valence-electron chi connectivity index (χ2n) is 8.27. The van der Waals surface area contributed by atoms with Crippen molar-refractivity contribution in [1.82, 2.24) is 19.7 Å². The maximum absolute atomic E-state index is 13.8. The number of nitrogens with zero attached hydrogens (tertiary/aromatic N) is 4. The maximum atomic E-state index is 13.8. The molecule has 0 aliphatic carbocycles. The van der Waals surface area contributed by atoms with Crippen LogP contribution in [-0.2, 0) is 11.3 Å². The number of hydrogen-bond donors (Lipinski definition) is 1. The van der Waals surface area contributed by atoms with Crippen LogP contribution in [0.5, 0.6) is 0 Å². The molecule has 0 radical (unpaired) electrons. The molecule has 0 aliphatic heterocycles. The molecule has 0 fully saturated rings. The minimum absolute atomic E-state index is 0.0826. The van der Waals surface area contributed by atoms with E-state index >= 15 is 0 Å². The summed E-state index contributed by atoms with van der Waals surface area (Å²) in [6.07, 6.45) is 1.78. The Hall–Kier alpha value is -4.00. The molecule has 7 heteroatoms. The molecule has 0 saturated carbocycles. The van der Waals surface area contributed by atoms with Gasteiger partial charge in [0.2, 0.25) is 5.91 Å². The van der Waals surface area contributed by atoms with E-state index in [-0.39, 0.29) is 24.9 Å². The van der Waals surface area contributed by atoms with Crippen LogP contribution in [0.2, 0.25) is 0 Å². The summed E-state index contributed by atoms with van der Waals surface area (Å²) < 4.78 is 1.82. The Balaban J connectivity index is 1.82. The first-order valence-corrected chi connectivity index (χ1v) is 11.0. The first-order valence-electron chi connectivity index (χ1n) is 11.0. The number of carbonyl (C=O) groups excluding carboxylic acids is 2. The number of carbonyl (C=O) groups is 2. The SMILES string of the molecule is CC(C)n1ncc2c(C(=O)N(CCC(N)=O)Cc3ccccc3)cc(-c3ccccc3)nc21. The predicted octanol–water partition coefficient (Wildman–Crippen LogP) is 4.20. The summed E-state index contributed by atoms with van der Waals surface area (Å²) in [7, 11) is 0. The summed E-state index contributed by atoms with van der Waals surface area (Å²) in [5.41, 5.74) is 9.15. The van der Waals surface area contributed by atoms with Crippen molar-refractivity contribution < 1.29 is 9.59 Å². The molecule has 2 aromatic carbocycles. The van der Waals surface area contributed by atoms with Crippen molar-refractivity contribution in [3.05, 3.63) is 84.1 Å². The molecule has 168 valence electrons. The van der Waals surface area contributed by atoms with E-state index in [1.807, 2.05) is 85.3 Å². The fraction of sp³-hybridized carbons (Fsp3) is 0.231. The van der Waals surface area contributed by atoms with Gasteiger partial charge in [-0.25, -0.2) is 9.67 Å². The molecule has 2 amide bonds.